The molecule has 0 aliphatic heterocycles. The molecule has 0 saturated heterocycles. The fraction of sp³-hybridized carbons (Fsp3) is 0.235. The van der Waals surface area contributed by atoms with Crippen LogP contribution < -0.4 is 5.73 Å². The van der Waals surface area contributed by atoms with Gasteiger partial charge in [0.15, 0.2) is 0 Å². The summed E-state index contributed by atoms with van der Waals surface area (Å²) in [5.41, 5.74) is 8.43. The van der Waals surface area contributed by atoms with E-state index in [1.54, 1.807) is 12.1 Å². The van der Waals surface area contributed by atoms with Crippen molar-refractivity contribution in [3.8, 4) is 0 Å². The van der Waals surface area contributed by atoms with Crippen LogP contribution in [0.4, 0.5) is 0 Å². The van der Waals surface area contributed by atoms with Crippen LogP contribution in [-0.2, 0) is 16.1 Å². The van der Waals surface area contributed by atoms with E-state index in [9.17, 15) is 4.79 Å². The van der Waals surface area contributed by atoms with Gasteiger partial charge in [0.05, 0.1) is 25.4 Å². The Kier molecular flexibility index (Phi) is 6.35. The van der Waals surface area contributed by atoms with Crippen molar-refractivity contribution < 1.29 is 14.3 Å². The summed E-state index contributed by atoms with van der Waals surface area (Å²) in [6.07, 6.45) is -0.145. The number of halogens is 1. The zero-order chi connectivity index (χ0) is 15.9. The lowest BCUT2D eigenvalue weighted by atomic mass is 10.1. The molecule has 2 rings (SSSR count). The van der Waals surface area contributed by atoms with Gasteiger partial charge in [0.25, 0.3) is 0 Å². The number of carbonyl (C=O) groups is 1. The molecule has 0 aromatic heterocycles. The summed E-state index contributed by atoms with van der Waals surface area (Å²) in [6, 6.07) is 15.2. The average molecular weight is 411 g/mol. The van der Waals surface area contributed by atoms with Crippen molar-refractivity contribution >= 4 is 28.6 Å². The highest BCUT2D eigenvalue weighted by atomic mass is 127. The predicted octanol–water partition coefficient (Wildman–Crippen LogP) is 3.29. The lowest BCUT2D eigenvalue weighted by molar-refractivity contribution is 0.0450. The summed E-state index contributed by atoms with van der Waals surface area (Å²) in [6.45, 7) is 0.856. The zero-order valence-electron chi connectivity index (χ0n) is 12.3. The molecular weight excluding hydrogens is 393 g/mol. The topological polar surface area (TPSA) is 61.5 Å². The van der Waals surface area contributed by atoms with Crippen LogP contribution in [0.2, 0.25) is 0 Å². The molecule has 0 aliphatic carbocycles. The highest BCUT2D eigenvalue weighted by Crippen LogP contribution is 2.23. The van der Waals surface area contributed by atoms with Crippen LogP contribution in [0.15, 0.2) is 48.5 Å². The molecule has 0 spiro atoms. The molecule has 0 fully saturated rings. The van der Waals surface area contributed by atoms with Crippen LogP contribution in [0.3, 0.4) is 0 Å². The first-order valence-corrected chi connectivity index (χ1v) is 7.97. The fourth-order valence-electron chi connectivity index (χ4n) is 2.07. The highest BCUT2D eigenvalue weighted by molar-refractivity contribution is 14.1. The van der Waals surface area contributed by atoms with Crippen molar-refractivity contribution in [2.75, 3.05) is 13.7 Å². The van der Waals surface area contributed by atoms with E-state index in [0.717, 1.165) is 14.7 Å². The lowest BCUT2D eigenvalue weighted by Crippen LogP contribution is -2.17. The lowest BCUT2D eigenvalue weighted by Gasteiger charge is -2.18. The average Bonchev–Trinajstić information content (AvgIpc) is 2.56. The number of methoxy groups -OCH3 is 1. The SMILES string of the molecule is COC(=O)c1ccc(COC(CN)c2ccccc2I)cc1. The molecule has 4 nitrogen and oxygen atoms in total. The molecular formula is C17H18INO3. The molecule has 1 unspecified atom stereocenters. The Morgan fingerprint density at radius 2 is 1.86 bits per heavy atom. The van der Waals surface area contributed by atoms with Crippen LogP contribution in [0.5, 0.6) is 0 Å². The molecule has 116 valence electrons. The van der Waals surface area contributed by atoms with E-state index in [1.165, 1.54) is 7.11 Å². The van der Waals surface area contributed by atoms with E-state index in [0.29, 0.717) is 18.7 Å². The predicted molar refractivity (Wildman–Crippen MR) is 93.5 cm³/mol. The summed E-state index contributed by atoms with van der Waals surface area (Å²) in [7, 11) is 1.37. The molecule has 0 bridgehead atoms. The van der Waals surface area contributed by atoms with Crippen molar-refractivity contribution in [2.24, 2.45) is 5.73 Å². The van der Waals surface area contributed by atoms with Gasteiger partial charge in [-0.1, -0.05) is 30.3 Å². The van der Waals surface area contributed by atoms with E-state index >= 15 is 0 Å². The van der Waals surface area contributed by atoms with E-state index in [-0.39, 0.29) is 12.1 Å². The van der Waals surface area contributed by atoms with Crippen molar-refractivity contribution in [2.45, 2.75) is 12.7 Å². The van der Waals surface area contributed by atoms with Crippen LogP contribution >= 0.6 is 22.6 Å². The standard InChI is InChI=1S/C17H18INO3/c1-21-17(20)13-8-6-12(7-9-13)11-22-16(10-19)14-4-2-3-5-15(14)18/h2-9,16H,10-11,19H2,1H3. The number of rotatable bonds is 6. The molecule has 0 aliphatic rings. The molecule has 0 amide bonds. The molecule has 2 N–H and O–H groups in total. The first-order chi connectivity index (χ1) is 10.7. The smallest absolute Gasteiger partial charge is 0.337 e. The number of hydrogen-bond acceptors (Lipinski definition) is 4. The van der Waals surface area contributed by atoms with E-state index in [2.05, 4.69) is 27.3 Å². The van der Waals surface area contributed by atoms with Gasteiger partial charge in [-0.2, -0.15) is 0 Å². The Labute approximate surface area is 143 Å². The highest BCUT2D eigenvalue weighted by Gasteiger charge is 2.13. The number of hydrogen-bond donors (Lipinski definition) is 1. The van der Waals surface area contributed by atoms with E-state index in [1.807, 2.05) is 36.4 Å². The van der Waals surface area contributed by atoms with E-state index in [4.69, 9.17) is 10.5 Å². The Bertz CT molecular complexity index is 628. The van der Waals surface area contributed by atoms with Crippen molar-refractivity contribution in [1.82, 2.24) is 0 Å². The zero-order valence-corrected chi connectivity index (χ0v) is 14.4. The molecule has 22 heavy (non-hydrogen) atoms. The maximum atomic E-state index is 11.4. The largest absolute Gasteiger partial charge is 0.465 e. The van der Waals surface area contributed by atoms with Gasteiger partial charge in [0.2, 0.25) is 0 Å². The summed E-state index contributed by atoms with van der Waals surface area (Å²) in [5, 5.41) is 0. The molecule has 2 aromatic carbocycles. The fourth-order valence-corrected chi connectivity index (χ4v) is 2.81. The normalized spacial score (nSPS) is 12.0. The summed E-state index contributed by atoms with van der Waals surface area (Å²) in [4.78, 5) is 11.4. The molecule has 0 saturated carbocycles. The maximum Gasteiger partial charge on any atom is 0.337 e. The Balaban J connectivity index is 2.02. The van der Waals surface area contributed by atoms with Gasteiger partial charge < -0.3 is 15.2 Å². The molecule has 1 atom stereocenters. The number of esters is 1. The van der Waals surface area contributed by atoms with Crippen LogP contribution in [-0.4, -0.2) is 19.6 Å². The van der Waals surface area contributed by atoms with Gasteiger partial charge >= 0.3 is 5.97 Å². The number of ether oxygens (including phenoxy) is 2. The van der Waals surface area contributed by atoms with Crippen molar-refractivity contribution in [3.05, 3.63) is 68.8 Å². The second-order valence-electron chi connectivity index (χ2n) is 4.75. The maximum absolute atomic E-state index is 11.4. The van der Waals surface area contributed by atoms with Crippen LogP contribution in [0.1, 0.15) is 27.6 Å². The van der Waals surface area contributed by atoms with Gasteiger partial charge in [-0.3, -0.25) is 0 Å². The molecule has 0 heterocycles. The van der Waals surface area contributed by atoms with Gasteiger partial charge in [-0.05, 0) is 51.9 Å². The third-order valence-electron chi connectivity index (χ3n) is 3.29. The second kappa shape index (κ2) is 8.26. The first-order valence-electron chi connectivity index (χ1n) is 6.89. The van der Waals surface area contributed by atoms with Gasteiger partial charge in [-0.25, -0.2) is 4.79 Å². The van der Waals surface area contributed by atoms with Gasteiger partial charge in [0, 0.05) is 10.1 Å². The monoisotopic (exact) mass is 411 g/mol. The van der Waals surface area contributed by atoms with Crippen molar-refractivity contribution in [1.29, 1.82) is 0 Å². The van der Waals surface area contributed by atoms with Crippen molar-refractivity contribution in [3.63, 3.8) is 0 Å². The number of nitrogens with two attached hydrogens (primary N) is 1. The van der Waals surface area contributed by atoms with Crippen LogP contribution in [0.25, 0.3) is 0 Å². The minimum absolute atomic E-state index is 0.145. The molecule has 2 aromatic rings. The third-order valence-corrected chi connectivity index (χ3v) is 4.27. The second-order valence-corrected chi connectivity index (χ2v) is 5.91. The molecule has 5 heteroatoms. The summed E-state index contributed by atoms with van der Waals surface area (Å²) >= 11 is 2.28. The van der Waals surface area contributed by atoms with Gasteiger partial charge in [0.1, 0.15) is 0 Å². The Hall–Kier alpha value is -1.44. The quantitative estimate of drug-likeness (QED) is 0.586. The van der Waals surface area contributed by atoms with E-state index < -0.39 is 0 Å². The van der Waals surface area contributed by atoms with Gasteiger partial charge in [-0.15, -0.1) is 0 Å². The Morgan fingerprint density at radius 1 is 1.18 bits per heavy atom. The number of benzene rings is 2. The first kappa shape index (κ1) is 16.9. The summed E-state index contributed by atoms with van der Waals surface area (Å²) in [5.74, 6) is -0.342. The van der Waals surface area contributed by atoms with Crippen LogP contribution in [0, 0.1) is 3.57 Å². The summed E-state index contributed by atoms with van der Waals surface area (Å²) < 4.78 is 11.7. The minimum Gasteiger partial charge on any atom is -0.465 e. The Morgan fingerprint density at radius 3 is 2.45 bits per heavy atom. The number of carbonyl (C=O) groups excluding carboxylic acids is 1. The molecule has 0 radical (unpaired) electrons. The third kappa shape index (κ3) is 4.28. The minimum atomic E-state index is -0.342.